The van der Waals surface area contributed by atoms with E-state index in [1.54, 1.807) is 24.3 Å². The van der Waals surface area contributed by atoms with Gasteiger partial charge in [-0.2, -0.15) is 5.26 Å². The van der Waals surface area contributed by atoms with Gasteiger partial charge >= 0.3 is 6.03 Å². The SMILES string of the molecule is Cc1ccc(C(CNC(=O)Nc2ccc(C#N)cc2)N2CCOCC2)o1. The molecule has 0 saturated carbocycles. The van der Waals surface area contributed by atoms with Crippen molar-refractivity contribution in [2.75, 3.05) is 38.2 Å². The highest BCUT2D eigenvalue weighted by Crippen LogP contribution is 2.23. The van der Waals surface area contributed by atoms with E-state index in [-0.39, 0.29) is 12.1 Å². The molecule has 26 heavy (non-hydrogen) atoms. The number of benzene rings is 1. The molecule has 136 valence electrons. The number of morpholine rings is 1. The van der Waals surface area contributed by atoms with Gasteiger partial charge in [0.2, 0.25) is 0 Å². The van der Waals surface area contributed by atoms with Crippen molar-refractivity contribution in [1.82, 2.24) is 10.2 Å². The summed E-state index contributed by atoms with van der Waals surface area (Å²) in [4.78, 5) is 14.5. The predicted octanol–water partition coefficient (Wildman–Crippen LogP) is 2.65. The van der Waals surface area contributed by atoms with Crippen LogP contribution in [-0.4, -0.2) is 43.8 Å². The van der Waals surface area contributed by atoms with Gasteiger partial charge in [0.05, 0.1) is 30.9 Å². The number of furan rings is 1. The van der Waals surface area contributed by atoms with Crippen LogP contribution in [0.15, 0.2) is 40.8 Å². The number of hydrogen-bond acceptors (Lipinski definition) is 5. The van der Waals surface area contributed by atoms with E-state index in [9.17, 15) is 4.79 Å². The molecule has 0 aliphatic carbocycles. The summed E-state index contributed by atoms with van der Waals surface area (Å²) in [5.74, 6) is 1.68. The summed E-state index contributed by atoms with van der Waals surface area (Å²) in [5.41, 5.74) is 1.19. The van der Waals surface area contributed by atoms with Crippen LogP contribution in [0.3, 0.4) is 0 Å². The second-order valence-electron chi connectivity index (χ2n) is 6.14. The van der Waals surface area contributed by atoms with Crippen molar-refractivity contribution < 1.29 is 13.9 Å². The predicted molar refractivity (Wildman–Crippen MR) is 96.8 cm³/mol. The molecule has 1 aliphatic rings. The first-order valence-electron chi connectivity index (χ1n) is 8.59. The Morgan fingerprint density at radius 3 is 2.58 bits per heavy atom. The number of nitriles is 1. The number of aryl methyl sites for hydroxylation is 1. The Labute approximate surface area is 152 Å². The van der Waals surface area contributed by atoms with Crippen molar-refractivity contribution in [3.05, 3.63) is 53.5 Å². The zero-order valence-electron chi connectivity index (χ0n) is 14.7. The molecule has 7 heteroatoms. The molecule has 1 fully saturated rings. The summed E-state index contributed by atoms with van der Waals surface area (Å²) >= 11 is 0. The number of nitrogens with zero attached hydrogens (tertiary/aromatic N) is 2. The lowest BCUT2D eigenvalue weighted by atomic mass is 10.1. The van der Waals surface area contributed by atoms with Crippen LogP contribution in [0.2, 0.25) is 0 Å². The van der Waals surface area contributed by atoms with E-state index < -0.39 is 0 Å². The fourth-order valence-electron chi connectivity index (χ4n) is 2.92. The topological polar surface area (TPSA) is 90.5 Å². The molecule has 0 bridgehead atoms. The molecule has 2 N–H and O–H groups in total. The zero-order valence-corrected chi connectivity index (χ0v) is 14.7. The maximum absolute atomic E-state index is 12.2. The number of carbonyl (C=O) groups excluding carboxylic acids is 1. The number of nitrogens with one attached hydrogen (secondary N) is 2. The fraction of sp³-hybridized carbons (Fsp3) is 0.368. The monoisotopic (exact) mass is 354 g/mol. The molecule has 2 heterocycles. The molecule has 2 amide bonds. The van der Waals surface area contributed by atoms with Gasteiger partial charge in [-0.1, -0.05) is 0 Å². The number of rotatable bonds is 5. The molecule has 1 aromatic heterocycles. The van der Waals surface area contributed by atoms with E-state index >= 15 is 0 Å². The quantitative estimate of drug-likeness (QED) is 0.861. The van der Waals surface area contributed by atoms with Gasteiger partial charge in [0.15, 0.2) is 0 Å². The number of urea groups is 1. The van der Waals surface area contributed by atoms with Gasteiger partial charge in [-0.25, -0.2) is 4.79 Å². The summed E-state index contributed by atoms with van der Waals surface area (Å²) in [5, 5.41) is 14.5. The van der Waals surface area contributed by atoms with Crippen LogP contribution >= 0.6 is 0 Å². The summed E-state index contributed by atoms with van der Waals surface area (Å²) in [6, 6.07) is 12.3. The standard InChI is InChI=1S/C19H22N4O3/c1-14-2-7-18(26-14)17(23-8-10-25-11-9-23)13-21-19(24)22-16-5-3-15(12-20)4-6-16/h2-7,17H,8-11,13H2,1H3,(H2,21,22,24). The lowest BCUT2D eigenvalue weighted by molar-refractivity contribution is 0.0122. The third-order valence-electron chi connectivity index (χ3n) is 4.30. The molecular formula is C19H22N4O3. The Morgan fingerprint density at radius 2 is 1.96 bits per heavy atom. The number of carbonyl (C=O) groups is 1. The molecule has 1 saturated heterocycles. The first-order valence-corrected chi connectivity index (χ1v) is 8.59. The Bertz CT molecular complexity index is 773. The molecule has 1 aromatic carbocycles. The minimum atomic E-state index is -0.295. The first-order chi connectivity index (χ1) is 12.7. The minimum Gasteiger partial charge on any atom is -0.465 e. The third kappa shape index (κ3) is 4.63. The lowest BCUT2D eigenvalue weighted by Gasteiger charge is -2.33. The average Bonchev–Trinajstić information content (AvgIpc) is 3.09. The van der Waals surface area contributed by atoms with Crippen molar-refractivity contribution in [1.29, 1.82) is 5.26 Å². The average molecular weight is 354 g/mol. The van der Waals surface area contributed by atoms with Crippen LogP contribution in [0.4, 0.5) is 10.5 Å². The van der Waals surface area contributed by atoms with Gasteiger partial charge in [-0.15, -0.1) is 0 Å². The van der Waals surface area contributed by atoms with E-state index in [2.05, 4.69) is 15.5 Å². The van der Waals surface area contributed by atoms with Crippen molar-refractivity contribution >= 4 is 11.7 Å². The summed E-state index contributed by atoms with van der Waals surface area (Å²) < 4.78 is 11.2. The number of anilines is 1. The molecule has 7 nitrogen and oxygen atoms in total. The van der Waals surface area contributed by atoms with Gasteiger partial charge in [-0.05, 0) is 43.3 Å². The molecule has 0 spiro atoms. The maximum Gasteiger partial charge on any atom is 0.319 e. The molecular weight excluding hydrogens is 332 g/mol. The van der Waals surface area contributed by atoms with Gasteiger partial charge in [0.1, 0.15) is 11.5 Å². The van der Waals surface area contributed by atoms with Crippen molar-refractivity contribution in [3.8, 4) is 6.07 Å². The third-order valence-corrected chi connectivity index (χ3v) is 4.30. The fourth-order valence-corrected chi connectivity index (χ4v) is 2.92. The van der Waals surface area contributed by atoms with E-state index in [0.717, 1.165) is 24.6 Å². The van der Waals surface area contributed by atoms with Crippen LogP contribution in [0.25, 0.3) is 0 Å². The van der Waals surface area contributed by atoms with E-state index in [1.165, 1.54) is 0 Å². The van der Waals surface area contributed by atoms with Crippen LogP contribution in [0.1, 0.15) is 23.1 Å². The maximum atomic E-state index is 12.2. The number of ether oxygens (including phenoxy) is 1. The summed E-state index contributed by atoms with van der Waals surface area (Å²) in [7, 11) is 0. The van der Waals surface area contributed by atoms with E-state index in [4.69, 9.17) is 14.4 Å². The summed E-state index contributed by atoms with van der Waals surface area (Å²) in [6.45, 7) is 5.27. The number of hydrogen-bond donors (Lipinski definition) is 2. The van der Waals surface area contributed by atoms with Gasteiger partial charge in [-0.3, -0.25) is 4.90 Å². The smallest absolute Gasteiger partial charge is 0.319 e. The molecule has 1 atom stereocenters. The molecule has 1 aliphatic heterocycles. The van der Waals surface area contributed by atoms with Gasteiger partial charge in [0.25, 0.3) is 0 Å². The second kappa shape index (κ2) is 8.52. The zero-order chi connectivity index (χ0) is 18.4. The lowest BCUT2D eigenvalue weighted by Crippen LogP contribution is -2.44. The molecule has 1 unspecified atom stereocenters. The highest BCUT2D eigenvalue weighted by molar-refractivity contribution is 5.89. The Hall–Kier alpha value is -2.82. The normalized spacial score (nSPS) is 15.8. The van der Waals surface area contributed by atoms with Crippen LogP contribution in [-0.2, 0) is 4.74 Å². The highest BCUT2D eigenvalue weighted by atomic mass is 16.5. The van der Waals surface area contributed by atoms with Crippen LogP contribution in [0, 0.1) is 18.3 Å². The summed E-state index contributed by atoms with van der Waals surface area (Å²) in [6.07, 6.45) is 0. The van der Waals surface area contributed by atoms with E-state index in [1.807, 2.05) is 25.1 Å². The van der Waals surface area contributed by atoms with Crippen molar-refractivity contribution in [3.63, 3.8) is 0 Å². The van der Waals surface area contributed by atoms with Crippen LogP contribution < -0.4 is 10.6 Å². The van der Waals surface area contributed by atoms with Crippen molar-refractivity contribution in [2.45, 2.75) is 13.0 Å². The molecule has 3 rings (SSSR count). The van der Waals surface area contributed by atoms with Crippen LogP contribution in [0.5, 0.6) is 0 Å². The Morgan fingerprint density at radius 1 is 1.23 bits per heavy atom. The largest absolute Gasteiger partial charge is 0.465 e. The Balaban J connectivity index is 1.61. The van der Waals surface area contributed by atoms with Gasteiger partial charge < -0.3 is 19.8 Å². The van der Waals surface area contributed by atoms with E-state index in [0.29, 0.717) is 31.0 Å². The molecule has 2 aromatic rings. The minimum absolute atomic E-state index is 0.0423. The first kappa shape index (κ1) is 18.0. The van der Waals surface area contributed by atoms with Crippen molar-refractivity contribution in [2.24, 2.45) is 0 Å². The number of amides is 2. The molecule has 0 radical (unpaired) electrons. The Kier molecular flexibility index (Phi) is 5.89. The highest BCUT2D eigenvalue weighted by Gasteiger charge is 2.25. The van der Waals surface area contributed by atoms with Gasteiger partial charge in [0, 0.05) is 25.3 Å². The second-order valence-corrected chi connectivity index (χ2v) is 6.14.